The second kappa shape index (κ2) is 4.32. The Morgan fingerprint density at radius 2 is 2.15 bits per heavy atom. The molecule has 0 radical (unpaired) electrons. The van der Waals surface area contributed by atoms with Crippen molar-refractivity contribution in [3.05, 3.63) is 18.6 Å². The van der Waals surface area contributed by atoms with Crippen LogP contribution in [0.15, 0.2) is 27.9 Å². The van der Waals surface area contributed by atoms with Gasteiger partial charge < -0.3 is 9.73 Å². The molecule has 1 aromatic rings. The first-order chi connectivity index (χ1) is 9.44. The molecule has 2 fully saturated rings. The number of rotatable bonds is 2. The highest BCUT2D eigenvalue weighted by molar-refractivity contribution is 7.89. The summed E-state index contributed by atoms with van der Waals surface area (Å²) in [5, 5.41) is 4.69. The van der Waals surface area contributed by atoms with Crippen molar-refractivity contribution in [3.8, 4) is 0 Å². The van der Waals surface area contributed by atoms with E-state index in [0.29, 0.717) is 19.4 Å². The molecule has 1 unspecified atom stereocenters. The van der Waals surface area contributed by atoms with Gasteiger partial charge in [0.2, 0.25) is 10.0 Å². The van der Waals surface area contributed by atoms with E-state index in [4.69, 9.17) is 4.42 Å². The van der Waals surface area contributed by atoms with E-state index in [1.54, 1.807) is 0 Å². The zero-order valence-electron chi connectivity index (χ0n) is 10.5. The van der Waals surface area contributed by atoms with Crippen LogP contribution in [-0.4, -0.2) is 43.3 Å². The maximum absolute atomic E-state index is 12.4. The molecule has 1 spiro atoms. The number of nitrogens with zero attached hydrogens (tertiary/aromatic N) is 1. The van der Waals surface area contributed by atoms with E-state index in [-0.39, 0.29) is 11.4 Å². The van der Waals surface area contributed by atoms with Crippen molar-refractivity contribution >= 4 is 22.0 Å². The van der Waals surface area contributed by atoms with Crippen LogP contribution in [0, 0.1) is 0 Å². The number of carbonyl (C=O) groups excluding carboxylic acids is 2. The van der Waals surface area contributed by atoms with Gasteiger partial charge in [0, 0.05) is 13.1 Å². The zero-order chi connectivity index (χ0) is 14.4. The van der Waals surface area contributed by atoms with E-state index >= 15 is 0 Å². The summed E-state index contributed by atoms with van der Waals surface area (Å²) in [5.41, 5.74) is -1.16. The number of nitrogens with one attached hydrogen (secondary N) is 2. The number of carbonyl (C=O) groups is 2. The van der Waals surface area contributed by atoms with Gasteiger partial charge in [-0.1, -0.05) is 0 Å². The molecule has 0 aromatic carbocycles. The van der Waals surface area contributed by atoms with Crippen LogP contribution < -0.4 is 10.6 Å². The van der Waals surface area contributed by atoms with E-state index in [2.05, 4.69) is 10.6 Å². The SMILES string of the molecule is O=C1NC(=O)C2(CCCN(S(=O)(=O)c3ccoc3)C2)N1. The molecule has 3 amide bonds. The lowest BCUT2D eigenvalue weighted by Crippen LogP contribution is -2.59. The topological polar surface area (TPSA) is 109 Å². The first kappa shape index (κ1) is 13.1. The normalized spacial score (nSPS) is 27.6. The van der Waals surface area contributed by atoms with Gasteiger partial charge in [-0.2, -0.15) is 4.31 Å². The molecule has 108 valence electrons. The molecule has 2 aliphatic heterocycles. The Bertz CT molecular complexity index is 654. The molecular formula is C11H13N3O5S. The van der Waals surface area contributed by atoms with Crippen molar-refractivity contribution in [3.63, 3.8) is 0 Å². The van der Waals surface area contributed by atoms with E-state index in [1.165, 1.54) is 16.6 Å². The largest absolute Gasteiger partial charge is 0.471 e. The molecule has 20 heavy (non-hydrogen) atoms. The number of urea groups is 1. The number of hydrogen-bond acceptors (Lipinski definition) is 5. The third-order valence-electron chi connectivity index (χ3n) is 3.60. The van der Waals surface area contributed by atoms with Gasteiger partial charge in [-0.05, 0) is 18.9 Å². The van der Waals surface area contributed by atoms with Crippen LogP contribution in [0.3, 0.4) is 0 Å². The number of piperidine rings is 1. The van der Waals surface area contributed by atoms with Crippen molar-refractivity contribution in [2.75, 3.05) is 13.1 Å². The zero-order valence-corrected chi connectivity index (χ0v) is 11.3. The minimum Gasteiger partial charge on any atom is -0.471 e. The van der Waals surface area contributed by atoms with Crippen molar-refractivity contribution in [2.24, 2.45) is 0 Å². The number of sulfonamides is 1. The summed E-state index contributed by atoms with van der Waals surface area (Å²) in [6, 6.07) is 0.766. The summed E-state index contributed by atoms with van der Waals surface area (Å²) in [6.45, 7) is 0.233. The second-order valence-corrected chi connectivity index (χ2v) is 6.83. The molecule has 3 heterocycles. The van der Waals surface area contributed by atoms with Crippen LogP contribution in [-0.2, 0) is 14.8 Å². The number of amides is 3. The minimum atomic E-state index is -3.71. The standard InChI is InChI=1S/C11H13N3O5S/c15-9-11(13-10(16)12-9)3-1-4-14(7-11)20(17,18)8-2-5-19-6-8/h2,5-6H,1,3-4,7H2,(H2,12,13,15,16). The van der Waals surface area contributed by atoms with E-state index in [0.717, 1.165) is 6.26 Å². The fraction of sp³-hybridized carbons (Fsp3) is 0.455. The average Bonchev–Trinajstić information content (AvgIpc) is 3.00. The molecule has 2 saturated heterocycles. The average molecular weight is 299 g/mol. The molecule has 2 aliphatic rings. The number of hydrogen-bond donors (Lipinski definition) is 2. The first-order valence-electron chi connectivity index (χ1n) is 6.10. The Labute approximate surface area is 115 Å². The van der Waals surface area contributed by atoms with Gasteiger partial charge in [-0.15, -0.1) is 0 Å². The summed E-state index contributed by atoms with van der Waals surface area (Å²) in [4.78, 5) is 23.2. The summed E-state index contributed by atoms with van der Waals surface area (Å²) in [7, 11) is -3.71. The fourth-order valence-corrected chi connectivity index (χ4v) is 4.05. The van der Waals surface area contributed by atoms with Gasteiger partial charge in [-0.25, -0.2) is 13.2 Å². The fourth-order valence-electron chi connectivity index (χ4n) is 2.58. The Balaban J connectivity index is 1.90. The van der Waals surface area contributed by atoms with Crippen LogP contribution in [0.1, 0.15) is 12.8 Å². The van der Waals surface area contributed by atoms with Gasteiger partial charge in [0.1, 0.15) is 16.7 Å². The van der Waals surface area contributed by atoms with Crippen LogP contribution in [0.2, 0.25) is 0 Å². The Morgan fingerprint density at radius 3 is 2.75 bits per heavy atom. The maximum Gasteiger partial charge on any atom is 0.322 e. The lowest BCUT2D eigenvalue weighted by atomic mass is 9.90. The second-order valence-electron chi connectivity index (χ2n) is 4.89. The predicted molar refractivity (Wildman–Crippen MR) is 66.1 cm³/mol. The predicted octanol–water partition coefficient (Wildman–Crippen LogP) is -0.358. The number of furan rings is 1. The minimum absolute atomic E-state index is 0.0410. The van der Waals surface area contributed by atoms with Crippen molar-refractivity contribution < 1.29 is 22.4 Å². The third-order valence-corrected chi connectivity index (χ3v) is 5.42. The van der Waals surface area contributed by atoms with Gasteiger partial charge in [0.15, 0.2) is 0 Å². The van der Waals surface area contributed by atoms with Crippen molar-refractivity contribution in [1.82, 2.24) is 14.9 Å². The molecule has 1 aromatic heterocycles. The van der Waals surface area contributed by atoms with E-state index < -0.39 is 27.5 Å². The van der Waals surface area contributed by atoms with Gasteiger partial charge in [-0.3, -0.25) is 10.1 Å². The quantitative estimate of drug-likeness (QED) is 0.725. The molecule has 0 saturated carbocycles. The van der Waals surface area contributed by atoms with Crippen molar-refractivity contribution in [2.45, 2.75) is 23.3 Å². The first-order valence-corrected chi connectivity index (χ1v) is 7.54. The van der Waals surface area contributed by atoms with Gasteiger partial charge in [0.05, 0.1) is 6.26 Å². The molecular weight excluding hydrogens is 286 g/mol. The molecule has 0 aliphatic carbocycles. The highest BCUT2D eigenvalue weighted by atomic mass is 32.2. The summed E-state index contributed by atoms with van der Waals surface area (Å²) < 4.78 is 30.8. The third kappa shape index (κ3) is 1.90. The van der Waals surface area contributed by atoms with Crippen molar-refractivity contribution in [1.29, 1.82) is 0 Å². The smallest absolute Gasteiger partial charge is 0.322 e. The maximum atomic E-state index is 12.4. The van der Waals surface area contributed by atoms with Gasteiger partial charge >= 0.3 is 6.03 Å². The molecule has 9 heteroatoms. The Hall–Kier alpha value is -1.87. The van der Waals surface area contributed by atoms with Crippen LogP contribution in [0.5, 0.6) is 0 Å². The molecule has 3 rings (SSSR count). The highest BCUT2D eigenvalue weighted by Gasteiger charge is 2.50. The Morgan fingerprint density at radius 1 is 1.35 bits per heavy atom. The molecule has 8 nitrogen and oxygen atoms in total. The Kier molecular flexibility index (Phi) is 2.83. The van der Waals surface area contributed by atoms with Crippen LogP contribution >= 0.6 is 0 Å². The summed E-state index contributed by atoms with van der Waals surface area (Å²) >= 11 is 0. The van der Waals surface area contributed by atoms with E-state index in [9.17, 15) is 18.0 Å². The summed E-state index contributed by atoms with van der Waals surface area (Å²) in [6.07, 6.45) is 3.33. The highest BCUT2D eigenvalue weighted by Crippen LogP contribution is 2.28. The van der Waals surface area contributed by atoms with Crippen LogP contribution in [0.4, 0.5) is 4.79 Å². The monoisotopic (exact) mass is 299 g/mol. The summed E-state index contributed by atoms with van der Waals surface area (Å²) in [5.74, 6) is -0.477. The lowest BCUT2D eigenvalue weighted by molar-refractivity contribution is -0.125. The number of imide groups is 1. The molecule has 1 atom stereocenters. The van der Waals surface area contributed by atoms with Crippen LogP contribution in [0.25, 0.3) is 0 Å². The lowest BCUT2D eigenvalue weighted by Gasteiger charge is -2.36. The molecule has 0 bridgehead atoms. The van der Waals surface area contributed by atoms with Gasteiger partial charge in [0.25, 0.3) is 5.91 Å². The molecule has 2 N–H and O–H groups in total. The van der Waals surface area contributed by atoms with E-state index in [1.807, 2.05) is 0 Å².